The Kier molecular flexibility index (Phi) is 4.89. The van der Waals surface area contributed by atoms with E-state index in [0.717, 1.165) is 27.7 Å². The van der Waals surface area contributed by atoms with Crippen molar-refractivity contribution in [1.29, 1.82) is 0 Å². The van der Waals surface area contributed by atoms with Crippen molar-refractivity contribution in [2.24, 2.45) is 0 Å². The molecular formula is C25H22FN5O. The SMILES string of the molecule is Cc1cc2nc(Nc3ncc4c(n3)C[C@H](c3ccc(F)cc3)CC4=O)nc(C)c2cc1C. The van der Waals surface area contributed by atoms with Crippen molar-refractivity contribution in [1.82, 2.24) is 19.9 Å². The van der Waals surface area contributed by atoms with E-state index in [0.29, 0.717) is 36.0 Å². The van der Waals surface area contributed by atoms with Gasteiger partial charge in [0, 0.05) is 18.0 Å². The van der Waals surface area contributed by atoms with Crippen molar-refractivity contribution in [2.45, 2.75) is 39.5 Å². The molecule has 5 rings (SSSR count). The van der Waals surface area contributed by atoms with E-state index in [4.69, 9.17) is 0 Å². The van der Waals surface area contributed by atoms with Gasteiger partial charge in [-0.25, -0.2) is 24.3 Å². The summed E-state index contributed by atoms with van der Waals surface area (Å²) in [6, 6.07) is 10.4. The second-order valence-electron chi connectivity index (χ2n) is 8.35. The summed E-state index contributed by atoms with van der Waals surface area (Å²) in [4.78, 5) is 30.8. The minimum atomic E-state index is -0.291. The van der Waals surface area contributed by atoms with Crippen molar-refractivity contribution in [3.8, 4) is 0 Å². The zero-order valence-electron chi connectivity index (χ0n) is 18.1. The molecule has 0 fully saturated rings. The second kappa shape index (κ2) is 7.75. The summed E-state index contributed by atoms with van der Waals surface area (Å²) >= 11 is 0. The number of nitrogens with zero attached hydrogens (tertiary/aromatic N) is 4. The Morgan fingerprint density at radius 3 is 2.47 bits per heavy atom. The number of aromatic nitrogens is 4. The van der Waals surface area contributed by atoms with Crippen molar-refractivity contribution in [3.63, 3.8) is 0 Å². The maximum Gasteiger partial charge on any atom is 0.230 e. The van der Waals surface area contributed by atoms with Gasteiger partial charge in [0.25, 0.3) is 0 Å². The maximum atomic E-state index is 13.3. The number of anilines is 2. The highest BCUT2D eigenvalue weighted by atomic mass is 19.1. The number of nitrogens with one attached hydrogen (secondary N) is 1. The number of hydrogen-bond donors (Lipinski definition) is 1. The Morgan fingerprint density at radius 1 is 0.938 bits per heavy atom. The van der Waals surface area contributed by atoms with Gasteiger partial charge in [-0.15, -0.1) is 0 Å². The summed E-state index contributed by atoms with van der Waals surface area (Å²) in [7, 11) is 0. The van der Waals surface area contributed by atoms with Crippen LogP contribution in [-0.2, 0) is 6.42 Å². The molecule has 2 heterocycles. The number of ketones is 1. The van der Waals surface area contributed by atoms with Crippen molar-refractivity contribution in [2.75, 3.05) is 5.32 Å². The molecule has 0 aliphatic heterocycles. The van der Waals surface area contributed by atoms with Gasteiger partial charge in [0.1, 0.15) is 5.82 Å². The average molecular weight is 427 g/mol. The Bertz CT molecular complexity index is 1370. The molecule has 0 bridgehead atoms. The summed E-state index contributed by atoms with van der Waals surface area (Å²) in [6.07, 6.45) is 2.51. The fraction of sp³-hybridized carbons (Fsp3) is 0.240. The van der Waals surface area contributed by atoms with Gasteiger partial charge in [0.05, 0.1) is 22.5 Å². The van der Waals surface area contributed by atoms with Gasteiger partial charge in [0.2, 0.25) is 11.9 Å². The van der Waals surface area contributed by atoms with Crippen LogP contribution in [0.1, 0.15) is 50.8 Å². The van der Waals surface area contributed by atoms with Crippen molar-refractivity contribution >= 4 is 28.6 Å². The number of hydrogen-bond acceptors (Lipinski definition) is 6. The molecule has 32 heavy (non-hydrogen) atoms. The van der Waals surface area contributed by atoms with Crippen LogP contribution in [0, 0.1) is 26.6 Å². The third kappa shape index (κ3) is 3.70. The lowest BCUT2D eigenvalue weighted by molar-refractivity contribution is 0.0962. The predicted molar refractivity (Wildman–Crippen MR) is 121 cm³/mol. The largest absolute Gasteiger partial charge is 0.294 e. The molecule has 1 atom stereocenters. The lowest BCUT2D eigenvalue weighted by Gasteiger charge is -2.23. The Balaban J connectivity index is 1.45. The van der Waals surface area contributed by atoms with Crippen LogP contribution in [0.4, 0.5) is 16.3 Å². The Hall–Kier alpha value is -3.74. The number of halogens is 1. The van der Waals surface area contributed by atoms with Crippen LogP contribution in [0.15, 0.2) is 42.6 Å². The zero-order chi connectivity index (χ0) is 22.4. The monoisotopic (exact) mass is 427 g/mol. The molecular weight excluding hydrogens is 405 g/mol. The number of carbonyl (C=O) groups is 1. The molecule has 2 aromatic carbocycles. The molecule has 1 N–H and O–H groups in total. The number of carbonyl (C=O) groups excluding carboxylic acids is 1. The molecule has 2 aromatic heterocycles. The number of benzene rings is 2. The smallest absolute Gasteiger partial charge is 0.230 e. The summed E-state index contributed by atoms with van der Waals surface area (Å²) in [5.74, 6) is 0.426. The minimum absolute atomic E-state index is 0.00392. The molecule has 4 aromatic rings. The van der Waals surface area contributed by atoms with Crippen molar-refractivity contribution < 1.29 is 9.18 Å². The molecule has 160 valence electrons. The van der Waals surface area contributed by atoms with E-state index in [2.05, 4.69) is 45.2 Å². The fourth-order valence-electron chi connectivity index (χ4n) is 4.17. The van der Waals surface area contributed by atoms with E-state index in [9.17, 15) is 9.18 Å². The first-order valence-corrected chi connectivity index (χ1v) is 10.5. The molecule has 0 saturated carbocycles. The summed E-state index contributed by atoms with van der Waals surface area (Å²) in [5, 5.41) is 4.10. The van der Waals surface area contributed by atoms with E-state index in [1.165, 1.54) is 17.7 Å². The first-order chi connectivity index (χ1) is 15.4. The Morgan fingerprint density at radius 2 is 1.69 bits per heavy atom. The molecule has 6 nitrogen and oxygen atoms in total. The first kappa shape index (κ1) is 20.2. The van der Waals surface area contributed by atoms with Crippen LogP contribution in [0.2, 0.25) is 0 Å². The zero-order valence-corrected chi connectivity index (χ0v) is 18.1. The fourth-order valence-corrected chi connectivity index (χ4v) is 4.17. The molecule has 0 saturated heterocycles. The Labute approximate surface area is 185 Å². The van der Waals surface area contributed by atoms with E-state index >= 15 is 0 Å². The van der Waals surface area contributed by atoms with Gasteiger partial charge in [-0.05, 0) is 74.1 Å². The molecule has 0 radical (unpaired) electrons. The van der Waals surface area contributed by atoms with E-state index in [1.54, 1.807) is 18.3 Å². The first-order valence-electron chi connectivity index (χ1n) is 10.5. The van der Waals surface area contributed by atoms with Gasteiger partial charge in [-0.3, -0.25) is 10.1 Å². The van der Waals surface area contributed by atoms with Crippen LogP contribution >= 0.6 is 0 Å². The molecule has 0 unspecified atom stereocenters. The van der Waals surface area contributed by atoms with Gasteiger partial charge in [-0.1, -0.05) is 12.1 Å². The topological polar surface area (TPSA) is 80.7 Å². The number of rotatable bonds is 3. The van der Waals surface area contributed by atoms with Crippen LogP contribution in [0.5, 0.6) is 0 Å². The highest BCUT2D eigenvalue weighted by Crippen LogP contribution is 2.32. The molecule has 1 aliphatic carbocycles. The van der Waals surface area contributed by atoms with Gasteiger partial charge in [-0.2, -0.15) is 0 Å². The van der Waals surface area contributed by atoms with Gasteiger partial charge >= 0.3 is 0 Å². The van der Waals surface area contributed by atoms with Gasteiger partial charge in [0.15, 0.2) is 5.78 Å². The lowest BCUT2D eigenvalue weighted by Crippen LogP contribution is -2.21. The molecule has 0 spiro atoms. The quantitative estimate of drug-likeness (QED) is 0.488. The normalized spacial score (nSPS) is 15.6. The lowest BCUT2D eigenvalue weighted by atomic mass is 9.82. The number of Topliss-reactive ketones (excluding diaryl/α,β-unsaturated/α-hetero) is 1. The highest BCUT2D eigenvalue weighted by molar-refractivity contribution is 5.98. The van der Waals surface area contributed by atoms with E-state index in [-0.39, 0.29) is 17.5 Å². The standard InChI is InChI=1S/C25H22FN5O/c1-13-8-19-15(3)28-25(30-21(19)9-14(13)2)31-24-27-12-20-22(29-24)10-17(11-23(20)32)16-4-6-18(26)7-5-16/h4-9,12,17H,10-11H2,1-3H3,(H,27,28,29,30,31)/t17-/m0/s1. The summed E-state index contributed by atoms with van der Waals surface area (Å²) in [6.45, 7) is 6.08. The molecule has 0 amide bonds. The summed E-state index contributed by atoms with van der Waals surface area (Å²) in [5.41, 5.74) is 6.23. The third-order valence-electron chi connectivity index (χ3n) is 6.11. The number of aryl methyl sites for hydroxylation is 3. The van der Waals surface area contributed by atoms with Crippen LogP contribution in [0.3, 0.4) is 0 Å². The maximum absolute atomic E-state index is 13.3. The molecule has 1 aliphatic rings. The van der Waals surface area contributed by atoms with E-state index in [1.807, 2.05) is 13.0 Å². The molecule has 7 heteroatoms. The van der Waals surface area contributed by atoms with Gasteiger partial charge < -0.3 is 0 Å². The van der Waals surface area contributed by atoms with Crippen LogP contribution in [-0.4, -0.2) is 25.7 Å². The highest BCUT2D eigenvalue weighted by Gasteiger charge is 2.28. The third-order valence-corrected chi connectivity index (χ3v) is 6.11. The minimum Gasteiger partial charge on any atom is -0.294 e. The average Bonchev–Trinajstić information content (AvgIpc) is 2.75. The summed E-state index contributed by atoms with van der Waals surface area (Å²) < 4.78 is 13.3. The number of fused-ring (bicyclic) bond motifs is 2. The predicted octanol–water partition coefficient (Wildman–Crippen LogP) is 5.14. The second-order valence-corrected chi connectivity index (χ2v) is 8.35. The van der Waals surface area contributed by atoms with Crippen LogP contribution in [0.25, 0.3) is 10.9 Å². The van der Waals surface area contributed by atoms with E-state index < -0.39 is 0 Å². The van der Waals surface area contributed by atoms with Crippen molar-refractivity contribution in [3.05, 3.63) is 82.1 Å². The van der Waals surface area contributed by atoms with Crippen LogP contribution < -0.4 is 5.32 Å².